The van der Waals surface area contributed by atoms with Crippen molar-refractivity contribution in [2.24, 2.45) is 0 Å². The zero-order chi connectivity index (χ0) is 15.1. The third-order valence-electron chi connectivity index (χ3n) is 3.75. The van der Waals surface area contributed by atoms with Crippen LogP contribution in [0.15, 0.2) is 16.8 Å². The maximum absolute atomic E-state index is 11.9. The van der Waals surface area contributed by atoms with Crippen molar-refractivity contribution < 1.29 is 9.90 Å². The molecule has 1 aromatic rings. The van der Waals surface area contributed by atoms with Crippen LogP contribution >= 0.6 is 23.1 Å². The van der Waals surface area contributed by atoms with E-state index in [0.717, 1.165) is 24.2 Å². The van der Waals surface area contributed by atoms with Crippen LogP contribution < -0.4 is 10.6 Å². The summed E-state index contributed by atoms with van der Waals surface area (Å²) in [7, 11) is 0. The highest BCUT2D eigenvalue weighted by atomic mass is 32.2. The molecule has 1 aromatic heterocycles. The van der Waals surface area contributed by atoms with Gasteiger partial charge in [0.1, 0.15) is 0 Å². The summed E-state index contributed by atoms with van der Waals surface area (Å²) >= 11 is 3.53. The van der Waals surface area contributed by atoms with E-state index in [2.05, 4.69) is 17.6 Å². The highest BCUT2D eigenvalue weighted by molar-refractivity contribution is 7.99. The molecular weight excluding hydrogens is 304 g/mol. The van der Waals surface area contributed by atoms with Gasteiger partial charge in [0.05, 0.1) is 6.10 Å². The Labute approximate surface area is 134 Å². The molecule has 1 aliphatic carbocycles. The lowest BCUT2D eigenvalue weighted by atomic mass is 9.95. The minimum Gasteiger partial charge on any atom is -0.387 e. The molecule has 2 amide bonds. The van der Waals surface area contributed by atoms with Crippen LogP contribution in [0.2, 0.25) is 0 Å². The van der Waals surface area contributed by atoms with Gasteiger partial charge in [-0.1, -0.05) is 13.3 Å². The highest BCUT2D eigenvalue weighted by Crippen LogP contribution is 2.28. The summed E-state index contributed by atoms with van der Waals surface area (Å²) in [6, 6.07) is 1.97. The molecule has 1 aliphatic rings. The number of aliphatic hydroxyl groups is 1. The molecule has 0 radical (unpaired) electrons. The predicted octanol–water partition coefficient (Wildman–Crippen LogP) is 3.15. The summed E-state index contributed by atoms with van der Waals surface area (Å²) in [5, 5.41) is 20.2. The number of hydrogen-bond acceptors (Lipinski definition) is 4. The maximum Gasteiger partial charge on any atom is 0.315 e. The Balaban J connectivity index is 1.69. The molecule has 6 heteroatoms. The van der Waals surface area contributed by atoms with Crippen molar-refractivity contribution in [2.75, 3.05) is 12.3 Å². The topological polar surface area (TPSA) is 61.4 Å². The lowest BCUT2D eigenvalue weighted by Crippen LogP contribution is -2.45. The van der Waals surface area contributed by atoms with Crippen LogP contribution in [-0.4, -0.2) is 34.7 Å². The Bertz CT molecular complexity index is 423. The van der Waals surface area contributed by atoms with Gasteiger partial charge in [-0.05, 0) is 47.4 Å². The van der Waals surface area contributed by atoms with Crippen molar-refractivity contribution in [3.8, 4) is 0 Å². The first kappa shape index (κ1) is 16.6. The average Bonchev–Trinajstić information content (AvgIpc) is 3.00. The van der Waals surface area contributed by atoms with Gasteiger partial charge in [0.2, 0.25) is 0 Å². The summed E-state index contributed by atoms with van der Waals surface area (Å²) in [6.07, 6.45) is 3.92. The van der Waals surface area contributed by atoms with Gasteiger partial charge in [0.15, 0.2) is 0 Å². The van der Waals surface area contributed by atoms with Crippen molar-refractivity contribution >= 4 is 29.1 Å². The SMILES string of the molecule is CCS[C@H]1CCC[C@H](NC(=O)NC[C@@H](O)c2ccsc2)C1. The Morgan fingerprint density at radius 1 is 1.57 bits per heavy atom. The van der Waals surface area contributed by atoms with Crippen LogP contribution in [-0.2, 0) is 0 Å². The van der Waals surface area contributed by atoms with Crippen LogP contribution in [0, 0.1) is 0 Å². The Morgan fingerprint density at radius 3 is 3.14 bits per heavy atom. The van der Waals surface area contributed by atoms with E-state index in [1.807, 2.05) is 28.6 Å². The quantitative estimate of drug-likeness (QED) is 0.752. The van der Waals surface area contributed by atoms with Gasteiger partial charge in [-0.15, -0.1) is 0 Å². The van der Waals surface area contributed by atoms with Gasteiger partial charge < -0.3 is 15.7 Å². The van der Waals surface area contributed by atoms with Gasteiger partial charge in [0.25, 0.3) is 0 Å². The second kappa shape index (κ2) is 8.66. The molecule has 21 heavy (non-hydrogen) atoms. The fourth-order valence-corrected chi connectivity index (χ4v) is 4.55. The minimum absolute atomic E-state index is 0.170. The summed E-state index contributed by atoms with van der Waals surface area (Å²) < 4.78 is 0. The molecular formula is C15H24N2O2S2. The number of thioether (sulfide) groups is 1. The van der Waals surface area contributed by atoms with E-state index in [9.17, 15) is 9.90 Å². The maximum atomic E-state index is 11.9. The van der Waals surface area contributed by atoms with E-state index in [4.69, 9.17) is 0 Å². The molecule has 4 nitrogen and oxygen atoms in total. The van der Waals surface area contributed by atoms with Gasteiger partial charge in [-0.2, -0.15) is 23.1 Å². The molecule has 0 spiro atoms. The van der Waals surface area contributed by atoms with Crippen LogP contribution in [0.4, 0.5) is 4.79 Å². The van der Waals surface area contributed by atoms with Gasteiger partial charge in [0, 0.05) is 17.8 Å². The minimum atomic E-state index is -0.628. The molecule has 3 atom stereocenters. The van der Waals surface area contributed by atoms with Crippen LogP contribution in [0.5, 0.6) is 0 Å². The lowest BCUT2D eigenvalue weighted by Gasteiger charge is -2.29. The second-order valence-electron chi connectivity index (χ2n) is 5.37. The van der Waals surface area contributed by atoms with Gasteiger partial charge in [-0.25, -0.2) is 4.79 Å². The summed E-state index contributed by atoms with van der Waals surface area (Å²) in [5.74, 6) is 1.14. The monoisotopic (exact) mass is 328 g/mol. The molecule has 0 unspecified atom stereocenters. The first-order chi connectivity index (χ1) is 10.2. The Kier molecular flexibility index (Phi) is 6.86. The molecule has 0 bridgehead atoms. The van der Waals surface area contributed by atoms with Crippen molar-refractivity contribution in [2.45, 2.75) is 50.0 Å². The molecule has 0 saturated heterocycles. The van der Waals surface area contributed by atoms with E-state index < -0.39 is 6.10 Å². The average molecular weight is 329 g/mol. The number of nitrogens with one attached hydrogen (secondary N) is 2. The molecule has 1 saturated carbocycles. The second-order valence-corrected chi connectivity index (χ2v) is 7.73. The van der Waals surface area contributed by atoms with Crippen molar-refractivity contribution in [1.82, 2.24) is 10.6 Å². The zero-order valence-electron chi connectivity index (χ0n) is 12.4. The lowest BCUT2D eigenvalue weighted by molar-refractivity contribution is 0.172. The smallest absolute Gasteiger partial charge is 0.315 e. The van der Waals surface area contributed by atoms with E-state index in [-0.39, 0.29) is 18.6 Å². The molecule has 1 fully saturated rings. The third kappa shape index (κ3) is 5.52. The molecule has 0 aliphatic heterocycles. The first-order valence-corrected chi connectivity index (χ1v) is 9.54. The Morgan fingerprint density at radius 2 is 2.43 bits per heavy atom. The molecule has 0 aromatic carbocycles. The molecule has 118 valence electrons. The number of thiophene rings is 1. The Hall–Kier alpha value is -0.720. The number of carbonyl (C=O) groups is 1. The number of aliphatic hydroxyl groups excluding tert-OH is 1. The van der Waals surface area contributed by atoms with Crippen LogP contribution in [0.3, 0.4) is 0 Å². The third-order valence-corrected chi connectivity index (χ3v) is 5.68. The molecule has 2 rings (SSSR count). The van der Waals surface area contributed by atoms with E-state index in [1.165, 1.54) is 12.8 Å². The van der Waals surface area contributed by atoms with Crippen molar-refractivity contribution in [3.05, 3.63) is 22.4 Å². The predicted molar refractivity (Wildman–Crippen MR) is 90.0 cm³/mol. The normalized spacial score (nSPS) is 23.5. The summed E-state index contributed by atoms with van der Waals surface area (Å²) in [6.45, 7) is 2.43. The standard InChI is InChI=1S/C15H24N2O2S2/c1-2-21-13-5-3-4-12(8-13)17-15(19)16-9-14(18)11-6-7-20-10-11/h6-7,10,12-14,18H,2-5,8-9H2,1H3,(H2,16,17,19)/t12-,13-,14+/m0/s1. The number of hydrogen-bond donors (Lipinski definition) is 3. The number of urea groups is 1. The van der Waals surface area contributed by atoms with E-state index >= 15 is 0 Å². The van der Waals surface area contributed by atoms with Gasteiger partial charge in [-0.3, -0.25) is 0 Å². The fraction of sp³-hybridized carbons (Fsp3) is 0.667. The molecule has 3 N–H and O–H groups in total. The van der Waals surface area contributed by atoms with Crippen molar-refractivity contribution in [1.29, 1.82) is 0 Å². The zero-order valence-corrected chi connectivity index (χ0v) is 14.0. The van der Waals surface area contributed by atoms with Crippen LogP contribution in [0.25, 0.3) is 0 Å². The van der Waals surface area contributed by atoms with E-state index in [1.54, 1.807) is 11.3 Å². The number of rotatable bonds is 6. The molecule has 1 heterocycles. The number of amides is 2. The van der Waals surface area contributed by atoms with Gasteiger partial charge >= 0.3 is 6.03 Å². The summed E-state index contributed by atoms with van der Waals surface area (Å²) in [4.78, 5) is 11.9. The largest absolute Gasteiger partial charge is 0.387 e. The fourth-order valence-electron chi connectivity index (χ4n) is 2.67. The van der Waals surface area contributed by atoms with Crippen molar-refractivity contribution in [3.63, 3.8) is 0 Å². The number of carbonyl (C=O) groups excluding carboxylic acids is 1. The highest BCUT2D eigenvalue weighted by Gasteiger charge is 2.23. The van der Waals surface area contributed by atoms with E-state index in [0.29, 0.717) is 5.25 Å². The summed E-state index contributed by atoms with van der Waals surface area (Å²) in [5.41, 5.74) is 0.859. The van der Waals surface area contributed by atoms with Crippen LogP contribution in [0.1, 0.15) is 44.3 Å². The first-order valence-electron chi connectivity index (χ1n) is 7.55.